The Kier molecular flexibility index (Phi) is 11.8. The molecule has 3 saturated heterocycles. The molecule has 0 spiro atoms. The fourth-order valence-electron chi connectivity index (χ4n) is 8.38. The van der Waals surface area contributed by atoms with Crippen molar-refractivity contribution in [3.63, 3.8) is 0 Å². The summed E-state index contributed by atoms with van der Waals surface area (Å²) in [5.74, 6) is 0.0203. The van der Waals surface area contributed by atoms with Gasteiger partial charge in [-0.15, -0.1) is 0 Å². The van der Waals surface area contributed by atoms with Gasteiger partial charge in [0.1, 0.15) is 6.04 Å². The number of hydrogen-bond donors (Lipinski definition) is 2. The molecule has 4 aliphatic rings. The van der Waals surface area contributed by atoms with Crippen LogP contribution in [0.2, 0.25) is 0 Å². The normalized spacial score (nSPS) is 21.0. The van der Waals surface area contributed by atoms with Crippen LogP contribution in [-0.4, -0.2) is 127 Å². The van der Waals surface area contributed by atoms with Crippen molar-refractivity contribution in [3.8, 4) is 0 Å². The van der Waals surface area contributed by atoms with Gasteiger partial charge in [0.25, 0.3) is 0 Å². The van der Waals surface area contributed by atoms with Gasteiger partial charge in [-0.05, 0) is 99.8 Å². The quantitative estimate of drug-likeness (QED) is 0.428. The van der Waals surface area contributed by atoms with Crippen molar-refractivity contribution < 1.29 is 14.4 Å². The van der Waals surface area contributed by atoms with E-state index in [1.165, 1.54) is 24.0 Å². The summed E-state index contributed by atoms with van der Waals surface area (Å²) in [4.78, 5) is 52.1. The van der Waals surface area contributed by atoms with E-state index >= 15 is 0 Å². The number of para-hydroxylation sites is 1. The number of nitrogens with one attached hydrogen (secondary N) is 2. The van der Waals surface area contributed by atoms with E-state index in [0.29, 0.717) is 51.5 Å². The molecule has 4 heterocycles. The molecule has 0 aliphatic carbocycles. The van der Waals surface area contributed by atoms with Crippen LogP contribution in [0.25, 0.3) is 0 Å². The minimum atomic E-state index is -0.632. The van der Waals surface area contributed by atoms with Gasteiger partial charge in [0, 0.05) is 70.0 Å². The Morgan fingerprint density at radius 2 is 1.55 bits per heavy atom. The van der Waals surface area contributed by atoms with Crippen LogP contribution in [0, 0.1) is 0 Å². The van der Waals surface area contributed by atoms with E-state index in [9.17, 15) is 14.4 Å². The molecular weight excluding hydrogens is 614 g/mol. The van der Waals surface area contributed by atoms with Crippen LogP contribution < -0.4 is 10.6 Å². The molecule has 4 aliphatic heterocycles. The Morgan fingerprint density at radius 3 is 2.31 bits per heavy atom. The van der Waals surface area contributed by atoms with Gasteiger partial charge in [-0.3, -0.25) is 9.69 Å². The van der Waals surface area contributed by atoms with Gasteiger partial charge in [0.2, 0.25) is 5.91 Å². The molecule has 0 saturated carbocycles. The number of likely N-dealkylation sites (tertiary alicyclic amines) is 2. The molecule has 5 amide bonds. The highest BCUT2D eigenvalue weighted by Gasteiger charge is 2.34. The van der Waals surface area contributed by atoms with Gasteiger partial charge in [-0.1, -0.05) is 50.2 Å². The van der Waals surface area contributed by atoms with Crippen molar-refractivity contribution in [1.82, 2.24) is 29.8 Å². The molecule has 0 bridgehead atoms. The van der Waals surface area contributed by atoms with Crippen molar-refractivity contribution in [2.75, 3.05) is 71.3 Å². The van der Waals surface area contributed by atoms with Crippen LogP contribution in [0.5, 0.6) is 0 Å². The molecule has 266 valence electrons. The van der Waals surface area contributed by atoms with Crippen LogP contribution in [0.1, 0.15) is 68.2 Å². The first kappa shape index (κ1) is 35.2. The lowest BCUT2D eigenvalue weighted by molar-refractivity contribution is -0.133. The number of benzene rings is 2. The number of carbonyl (C=O) groups is 3. The molecule has 49 heavy (non-hydrogen) atoms. The molecule has 3 fully saturated rings. The zero-order chi connectivity index (χ0) is 34.3. The topological polar surface area (TPSA) is 91.5 Å². The van der Waals surface area contributed by atoms with E-state index in [-0.39, 0.29) is 24.0 Å². The zero-order valence-corrected chi connectivity index (χ0v) is 30.0. The average Bonchev–Trinajstić information content (AvgIpc) is 3.48. The summed E-state index contributed by atoms with van der Waals surface area (Å²) >= 11 is 0. The molecule has 6 rings (SSSR count). The second-order valence-corrected chi connectivity index (χ2v) is 14.5. The third-order valence-corrected chi connectivity index (χ3v) is 11.4. The summed E-state index contributed by atoms with van der Waals surface area (Å²) < 4.78 is 0. The van der Waals surface area contributed by atoms with Gasteiger partial charge < -0.3 is 30.2 Å². The average molecular weight is 672 g/mol. The summed E-state index contributed by atoms with van der Waals surface area (Å²) in [5, 5.41) is 6.29. The molecule has 2 aromatic rings. The molecule has 10 nitrogen and oxygen atoms in total. The summed E-state index contributed by atoms with van der Waals surface area (Å²) in [6.45, 7) is 11.7. The number of piperidine rings is 2. The van der Waals surface area contributed by atoms with E-state index in [2.05, 4.69) is 65.6 Å². The van der Waals surface area contributed by atoms with Gasteiger partial charge in [-0.25, -0.2) is 9.59 Å². The maximum Gasteiger partial charge on any atom is 0.322 e. The largest absolute Gasteiger partial charge is 0.340 e. The second kappa shape index (κ2) is 16.4. The molecule has 1 atom stereocenters. The number of nitrogens with zero attached hydrogens (tertiary/aromatic N) is 5. The number of rotatable bonds is 8. The molecule has 0 radical (unpaired) electrons. The first-order valence-corrected chi connectivity index (χ1v) is 18.9. The maximum absolute atomic E-state index is 14.3. The number of amides is 5. The smallest absolute Gasteiger partial charge is 0.322 e. The highest BCUT2D eigenvalue weighted by Crippen LogP contribution is 2.25. The standard InChI is InChI=1S/C39H57N7O3/c1-4-30-12-11-29(27-31(30)5-2)28-36(37(47)44-19-8-18-43(25-26-44)33-14-20-42(3)21-15-33)41-38(48)45-22-16-34(17-23-45)46-24-13-32-9-6-7-10-35(32)40-39(46)49/h6-7,9-12,27,33-34,36H,4-5,8,13-26,28H2,1-3H3,(H,40,49)(H,41,48)/t36-/m1/s1. The van der Waals surface area contributed by atoms with Crippen molar-refractivity contribution >= 4 is 23.7 Å². The van der Waals surface area contributed by atoms with Crippen LogP contribution in [0.4, 0.5) is 15.3 Å². The van der Waals surface area contributed by atoms with Crippen molar-refractivity contribution in [1.29, 1.82) is 0 Å². The second-order valence-electron chi connectivity index (χ2n) is 14.5. The monoisotopic (exact) mass is 671 g/mol. The van der Waals surface area contributed by atoms with Gasteiger partial charge in [0.15, 0.2) is 0 Å². The minimum absolute atomic E-state index is 0.0203. The van der Waals surface area contributed by atoms with Crippen molar-refractivity contribution in [3.05, 3.63) is 64.7 Å². The lowest BCUT2D eigenvalue weighted by Crippen LogP contribution is -2.56. The lowest BCUT2D eigenvalue weighted by Gasteiger charge is -2.38. The summed E-state index contributed by atoms with van der Waals surface area (Å²) in [7, 11) is 2.20. The lowest BCUT2D eigenvalue weighted by atomic mass is 9.96. The zero-order valence-electron chi connectivity index (χ0n) is 30.0. The fraction of sp³-hybridized carbons (Fsp3) is 0.615. The number of anilines is 1. The molecule has 0 aromatic heterocycles. The number of carbonyl (C=O) groups excluding carboxylic acids is 3. The number of fused-ring (bicyclic) bond motifs is 1. The molecule has 0 unspecified atom stereocenters. The third kappa shape index (κ3) is 8.58. The highest BCUT2D eigenvalue weighted by atomic mass is 16.2. The Balaban J connectivity index is 1.10. The Labute approximate surface area is 293 Å². The van der Waals surface area contributed by atoms with Gasteiger partial charge in [0.05, 0.1) is 0 Å². The minimum Gasteiger partial charge on any atom is -0.340 e. The molecule has 2 N–H and O–H groups in total. The molecular formula is C39H57N7O3. The Hall–Kier alpha value is -3.63. The first-order chi connectivity index (χ1) is 23.8. The first-order valence-electron chi connectivity index (χ1n) is 18.9. The third-order valence-electron chi connectivity index (χ3n) is 11.4. The van der Waals surface area contributed by atoms with E-state index in [4.69, 9.17) is 0 Å². The Morgan fingerprint density at radius 1 is 0.816 bits per heavy atom. The summed E-state index contributed by atoms with van der Waals surface area (Å²) in [5.41, 5.74) is 5.77. The maximum atomic E-state index is 14.3. The van der Waals surface area contributed by atoms with E-state index < -0.39 is 6.04 Å². The summed E-state index contributed by atoms with van der Waals surface area (Å²) in [6.07, 6.45) is 7.95. The molecule has 10 heteroatoms. The van der Waals surface area contributed by atoms with Crippen molar-refractivity contribution in [2.24, 2.45) is 0 Å². The Bertz CT molecular complexity index is 1450. The van der Waals surface area contributed by atoms with Crippen LogP contribution in [-0.2, 0) is 30.5 Å². The van der Waals surface area contributed by atoms with Crippen LogP contribution >= 0.6 is 0 Å². The van der Waals surface area contributed by atoms with Crippen molar-refractivity contribution in [2.45, 2.75) is 89.8 Å². The predicted octanol–water partition coefficient (Wildman–Crippen LogP) is 4.62. The highest BCUT2D eigenvalue weighted by molar-refractivity contribution is 5.91. The van der Waals surface area contributed by atoms with E-state index in [0.717, 1.165) is 75.2 Å². The number of aryl methyl sites for hydroxylation is 2. The van der Waals surface area contributed by atoms with E-state index in [1.807, 2.05) is 32.9 Å². The van der Waals surface area contributed by atoms with Gasteiger partial charge >= 0.3 is 12.1 Å². The summed E-state index contributed by atoms with van der Waals surface area (Å²) in [6, 6.07) is 14.3. The predicted molar refractivity (Wildman–Crippen MR) is 195 cm³/mol. The van der Waals surface area contributed by atoms with Gasteiger partial charge in [-0.2, -0.15) is 0 Å². The van der Waals surface area contributed by atoms with Crippen LogP contribution in [0.15, 0.2) is 42.5 Å². The van der Waals surface area contributed by atoms with Crippen LogP contribution in [0.3, 0.4) is 0 Å². The SMILES string of the molecule is CCc1ccc(C[C@@H](NC(=O)N2CCC(N3CCc4ccccc4NC3=O)CC2)C(=O)N2CCCN(C3CCN(C)CC3)CC2)cc1CC. The van der Waals surface area contributed by atoms with E-state index in [1.54, 1.807) is 0 Å². The molecule has 2 aromatic carbocycles. The fourth-order valence-corrected chi connectivity index (χ4v) is 8.38. The number of hydrogen-bond acceptors (Lipinski definition) is 5. The number of urea groups is 2.